The van der Waals surface area contributed by atoms with E-state index in [-0.39, 0.29) is 18.2 Å². The van der Waals surface area contributed by atoms with E-state index in [1.54, 1.807) is 37.3 Å². The Bertz CT molecular complexity index is 906. The van der Waals surface area contributed by atoms with E-state index in [9.17, 15) is 19.5 Å². The number of carbonyl (C=O) groups excluding carboxylic acids is 1. The molecule has 0 amide bonds. The van der Waals surface area contributed by atoms with Gasteiger partial charge in [0.05, 0.1) is 18.1 Å². The zero-order valence-corrected chi connectivity index (χ0v) is 16.2. The fourth-order valence-electron chi connectivity index (χ4n) is 3.50. The number of ether oxygens (including phenoxy) is 1. The molecule has 2 aromatic rings. The molecule has 0 saturated carbocycles. The van der Waals surface area contributed by atoms with Crippen LogP contribution in [0, 0.1) is 17.9 Å². The molecule has 1 aromatic carbocycles. The average Bonchev–Trinajstić information content (AvgIpc) is 2.62. The highest BCUT2D eigenvalue weighted by molar-refractivity contribution is 5.77. The summed E-state index contributed by atoms with van der Waals surface area (Å²) in [4.78, 5) is 11.6. The number of rotatable bonds is 4. The number of aliphatic hydroxyl groups is 1. The van der Waals surface area contributed by atoms with Gasteiger partial charge in [-0.25, -0.2) is 4.39 Å². The number of aliphatic hydroxyl groups excluding tert-OH is 1. The van der Waals surface area contributed by atoms with Crippen molar-refractivity contribution >= 4 is 12.0 Å². The van der Waals surface area contributed by atoms with Crippen LogP contribution in [0.5, 0.6) is 0 Å². The van der Waals surface area contributed by atoms with Gasteiger partial charge in [0.2, 0.25) is 5.69 Å². The van der Waals surface area contributed by atoms with Gasteiger partial charge < -0.3 is 15.1 Å². The van der Waals surface area contributed by atoms with Crippen LogP contribution < -0.4 is 4.73 Å². The first-order valence-corrected chi connectivity index (χ1v) is 9.35. The third-order valence-electron chi connectivity index (χ3n) is 4.83. The Labute approximate surface area is 163 Å². The number of pyridine rings is 1. The van der Waals surface area contributed by atoms with Crippen molar-refractivity contribution < 1.29 is 23.8 Å². The molecule has 1 aliphatic heterocycles. The van der Waals surface area contributed by atoms with Crippen molar-refractivity contribution in [1.29, 1.82) is 0 Å². The molecular formula is C22H24FNO4. The smallest absolute Gasteiger partial charge is 0.309 e. The Morgan fingerprint density at radius 3 is 2.61 bits per heavy atom. The Kier molecular flexibility index (Phi) is 5.79. The fraction of sp³-hybridized carbons (Fsp3) is 0.364. The lowest BCUT2D eigenvalue weighted by Crippen LogP contribution is -2.37. The maximum Gasteiger partial charge on any atom is 0.309 e. The average molecular weight is 385 g/mol. The molecule has 28 heavy (non-hydrogen) atoms. The van der Waals surface area contributed by atoms with Crippen molar-refractivity contribution in [3.05, 3.63) is 64.4 Å². The van der Waals surface area contributed by atoms with Gasteiger partial charge in [0.25, 0.3) is 0 Å². The van der Waals surface area contributed by atoms with Crippen molar-refractivity contribution in [2.24, 2.45) is 0 Å². The van der Waals surface area contributed by atoms with Gasteiger partial charge >= 0.3 is 5.97 Å². The van der Waals surface area contributed by atoms with Crippen LogP contribution in [0.3, 0.4) is 0 Å². The van der Waals surface area contributed by atoms with Crippen molar-refractivity contribution in [2.75, 3.05) is 0 Å². The van der Waals surface area contributed by atoms with Gasteiger partial charge in [-0.2, -0.15) is 4.73 Å². The fourth-order valence-corrected chi connectivity index (χ4v) is 3.50. The van der Waals surface area contributed by atoms with Crippen LogP contribution in [0.15, 0.2) is 36.4 Å². The molecule has 1 N–H and O–H groups in total. The van der Waals surface area contributed by atoms with Crippen LogP contribution in [0.2, 0.25) is 0 Å². The first kappa shape index (κ1) is 20.0. The van der Waals surface area contributed by atoms with E-state index in [4.69, 9.17) is 4.74 Å². The summed E-state index contributed by atoms with van der Waals surface area (Å²) in [5, 5.41) is 22.5. The lowest BCUT2D eigenvalue weighted by atomic mass is 9.92. The van der Waals surface area contributed by atoms with E-state index in [0.717, 1.165) is 15.9 Å². The number of benzene rings is 1. The third kappa shape index (κ3) is 4.22. The number of nitrogens with zero attached hydrogens (tertiary/aromatic N) is 1. The third-order valence-corrected chi connectivity index (χ3v) is 4.83. The molecule has 2 unspecified atom stereocenters. The zero-order chi connectivity index (χ0) is 20.4. The number of carbonyl (C=O) groups is 1. The Morgan fingerprint density at radius 2 is 2.00 bits per heavy atom. The van der Waals surface area contributed by atoms with Crippen molar-refractivity contribution in [3.8, 4) is 11.1 Å². The first-order chi connectivity index (χ1) is 13.3. The van der Waals surface area contributed by atoms with Gasteiger partial charge in [-0.15, -0.1) is 0 Å². The summed E-state index contributed by atoms with van der Waals surface area (Å²) in [7, 11) is 0. The highest BCUT2D eigenvalue weighted by atomic mass is 19.1. The van der Waals surface area contributed by atoms with Crippen LogP contribution in [0.25, 0.3) is 17.2 Å². The van der Waals surface area contributed by atoms with E-state index in [1.807, 2.05) is 13.8 Å². The predicted molar refractivity (Wildman–Crippen MR) is 104 cm³/mol. The van der Waals surface area contributed by atoms with Crippen LogP contribution in [-0.2, 0) is 9.53 Å². The van der Waals surface area contributed by atoms with E-state index < -0.39 is 18.2 Å². The van der Waals surface area contributed by atoms with E-state index in [1.165, 1.54) is 12.1 Å². The number of aromatic nitrogens is 1. The molecule has 5 nitrogen and oxygen atoms in total. The molecule has 1 saturated heterocycles. The highest BCUT2D eigenvalue weighted by Crippen LogP contribution is 2.31. The number of esters is 1. The molecule has 1 fully saturated rings. The molecule has 1 aliphatic rings. The standard InChI is InChI=1S/C22H24FNO4/c1-13(2)22-19(9-8-18-11-17(25)12-21(26)28-18)20(10-14(3)24(22)27)15-4-6-16(23)7-5-15/h4-10,13,17-18,25H,11-12H2,1-3H3/b9-8+. The van der Waals surface area contributed by atoms with Gasteiger partial charge in [0.15, 0.2) is 5.69 Å². The second-order valence-corrected chi connectivity index (χ2v) is 7.44. The maximum absolute atomic E-state index is 13.4. The summed E-state index contributed by atoms with van der Waals surface area (Å²) >= 11 is 0. The molecular weight excluding hydrogens is 361 g/mol. The monoisotopic (exact) mass is 385 g/mol. The summed E-state index contributed by atoms with van der Waals surface area (Å²) < 4.78 is 19.6. The molecule has 1 aromatic heterocycles. The van der Waals surface area contributed by atoms with Gasteiger partial charge in [-0.1, -0.05) is 26.0 Å². The number of hydrogen-bond acceptors (Lipinski definition) is 4. The van der Waals surface area contributed by atoms with E-state index in [0.29, 0.717) is 23.4 Å². The molecule has 0 spiro atoms. The van der Waals surface area contributed by atoms with Crippen LogP contribution in [0.4, 0.5) is 4.39 Å². The molecule has 0 aliphatic carbocycles. The number of cyclic esters (lactones) is 1. The molecule has 0 radical (unpaired) electrons. The molecule has 2 atom stereocenters. The van der Waals surface area contributed by atoms with Gasteiger partial charge in [0, 0.05) is 30.9 Å². The van der Waals surface area contributed by atoms with Crippen molar-refractivity contribution in [1.82, 2.24) is 0 Å². The summed E-state index contributed by atoms with van der Waals surface area (Å²) in [6.45, 7) is 5.59. The second kappa shape index (κ2) is 8.10. The minimum Gasteiger partial charge on any atom is -0.618 e. The van der Waals surface area contributed by atoms with E-state index in [2.05, 4.69) is 0 Å². The minimum absolute atomic E-state index is 0.00644. The van der Waals surface area contributed by atoms with Crippen LogP contribution >= 0.6 is 0 Å². The normalized spacial score (nSPS) is 20.0. The van der Waals surface area contributed by atoms with Crippen LogP contribution in [-0.4, -0.2) is 23.3 Å². The quantitative estimate of drug-likeness (QED) is 0.495. The SMILES string of the molecule is Cc1cc(-c2ccc(F)cc2)c(/C=C/C2CC(O)CC(=O)O2)c(C(C)C)[n+]1[O-]. The lowest BCUT2D eigenvalue weighted by Gasteiger charge is -2.23. The molecule has 148 valence electrons. The van der Waals surface area contributed by atoms with E-state index >= 15 is 0 Å². The topological polar surface area (TPSA) is 73.5 Å². The molecule has 3 rings (SSSR count). The van der Waals surface area contributed by atoms with Crippen LogP contribution in [0.1, 0.15) is 49.6 Å². The number of hydrogen-bond donors (Lipinski definition) is 1. The molecule has 2 heterocycles. The second-order valence-electron chi connectivity index (χ2n) is 7.44. The van der Waals surface area contributed by atoms with Gasteiger partial charge in [-0.05, 0) is 29.8 Å². The van der Waals surface area contributed by atoms with Crippen molar-refractivity contribution in [3.63, 3.8) is 0 Å². The Balaban J connectivity index is 2.11. The molecule has 0 bridgehead atoms. The summed E-state index contributed by atoms with van der Waals surface area (Å²) in [6, 6.07) is 7.87. The number of aryl methyl sites for hydroxylation is 1. The lowest BCUT2D eigenvalue weighted by molar-refractivity contribution is -0.622. The maximum atomic E-state index is 13.4. The summed E-state index contributed by atoms with van der Waals surface area (Å²) in [5.41, 5.74) is 3.40. The van der Waals surface area contributed by atoms with Gasteiger partial charge in [0.1, 0.15) is 11.9 Å². The van der Waals surface area contributed by atoms with Crippen molar-refractivity contribution in [2.45, 2.75) is 51.7 Å². The largest absolute Gasteiger partial charge is 0.618 e. The number of halogens is 1. The minimum atomic E-state index is -0.737. The zero-order valence-electron chi connectivity index (χ0n) is 16.2. The predicted octanol–water partition coefficient (Wildman–Crippen LogP) is 3.64. The summed E-state index contributed by atoms with van der Waals surface area (Å²) in [5.74, 6) is -0.839. The van der Waals surface area contributed by atoms with Gasteiger partial charge in [-0.3, -0.25) is 4.79 Å². The Morgan fingerprint density at radius 1 is 1.32 bits per heavy atom. The Hall–Kier alpha value is -2.73. The highest BCUT2D eigenvalue weighted by Gasteiger charge is 2.27. The first-order valence-electron chi connectivity index (χ1n) is 9.35. The summed E-state index contributed by atoms with van der Waals surface area (Å²) in [6.07, 6.45) is 2.47. The molecule has 6 heteroatoms.